The number of aromatic nitrogens is 1. The Labute approximate surface area is 113 Å². The molecule has 0 aliphatic carbocycles. The summed E-state index contributed by atoms with van der Waals surface area (Å²) in [7, 11) is 1.31. The lowest BCUT2D eigenvalue weighted by Gasteiger charge is -2.02. The summed E-state index contributed by atoms with van der Waals surface area (Å²) in [6.07, 6.45) is 1.38. The first kappa shape index (κ1) is 13.1. The zero-order valence-corrected chi connectivity index (χ0v) is 11.1. The van der Waals surface area contributed by atoms with E-state index in [1.54, 1.807) is 6.07 Å². The molecule has 0 radical (unpaired) electrons. The smallest absolute Gasteiger partial charge is 0.348 e. The van der Waals surface area contributed by atoms with Gasteiger partial charge in [-0.2, -0.15) is 5.26 Å². The molecule has 2 heterocycles. The summed E-state index contributed by atoms with van der Waals surface area (Å²) in [5, 5.41) is 18.6. The second-order valence-corrected chi connectivity index (χ2v) is 5.03. The monoisotopic (exact) mass is 274 g/mol. The Kier molecular flexibility index (Phi) is 3.49. The fourth-order valence-corrected chi connectivity index (χ4v) is 2.58. The molecule has 0 aliphatic heterocycles. The number of ether oxygens (including phenoxy) is 1. The molecule has 0 unspecified atom stereocenters. The maximum atomic E-state index is 11.5. The molecule has 0 saturated heterocycles. The van der Waals surface area contributed by atoms with Crippen molar-refractivity contribution in [2.75, 3.05) is 7.11 Å². The molecule has 0 fully saturated rings. The number of esters is 1. The molecule has 0 bridgehead atoms. The van der Waals surface area contributed by atoms with Gasteiger partial charge in [0, 0.05) is 22.7 Å². The van der Waals surface area contributed by atoms with Crippen LogP contribution in [0.4, 0.5) is 0 Å². The molecular weight excluding hydrogens is 264 g/mol. The number of nitriles is 1. The van der Waals surface area contributed by atoms with Crippen molar-refractivity contribution >= 4 is 17.3 Å². The van der Waals surface area contributed by atoms with Gasteiger partial charge in [0.15, 0.2) is 0 Å². The summed E-state index contributed by atoms with van der Waals surface area (Å²) in [6.45, 7) is 1.83. The van der Waals surface area contributed by atoms with Crippen LogP contribution in [0.25, 0.3) is 11.3 Å². The van der Waals surface area contributed by atoms with Gasteiger partial charge in [-0.3, -0.25) is 4.98 Å². The van der Waals surface area contributed by atoms with Crippen molar-refractivity contribution in [3.8, 4) is 23.1 Å². The van der Waals surface area contributed by atoms with Crippen molar-refractivity contribution in [3.05, 3.63) is 33.6 Å². The number of methoxy groups -OCH3 is 1. The van der Waals surface area contributed by atoms with Gasteiger partial charge in [-0.1, -0.05) is 0 Å². The van der Waals surface area contributed by atoms with E-state index in [2.05, 4.69) is 9.72 Å². The maximum Gasteiger partial charge on any atom is 0.348 e. The number of aromatic hydroxyl groups is 1. The van der Waals surface area contributed by atoms with Crippen LogP contribution in [0.1, 0.15) is 20.1 Å². The zero-order chi connectivity index (χ0) is 14.0. The number of nitrogens with zero attached hydrogens (tertiary/aromatic N) is 2. The third-order valence-electron chi connectivity index (χ3n) is 2.56. The van der Waals surface area contributed by atoms with Crippen LogP contribution in [-0.4, -0.2) is 23.2 Å². The number of hydrogen-bond acceptors (Lipinski definition) is 6. The van der Waals surface area contributed by atoms with Crippen LogP contribution >= 0.6 is 11.3 Å². The van der Waals surface area contributed by atoms with Gasteiger partial charge in [0.2, 0.25) is 0 Å². The van der Waals surface area contributed by atoms with E-state index in [1.807, 2.05) is 13.0 Å². The molecule has 2 aromatic heterocycles. The summed E-state index contributed by atoms with van der Waals surface area (Å²) < 4.78 is 4.65. The van der Waals surface area contributed by atoms with Crippen LogP contribution in [0.2, 0.25) is 0 Å². The van der Waals surface area contributed by atoms with Crippen molar-refractivity contribution < 1.29 is 14.6 Å². The van der Waals surface area contributed by atoms with Crippen molar-refractivity contribution in [2.24, 2.45) is 0 Å². The van der Waals surface area contributed by atoms with Crippen LogP contribution in [0.5, 0.6) is 5.75 Å². The van der Waals surface area contributed by atoms with Crippen LogP contribution in [0.3, 0.4) is 0 Å². The van der Waals surface area contributed by atoms with E-state index in [9.17, 15) is 9.90 Å². The fraction of sp³-hybridized carbons (Fsp3) is 0.154. The Hall–Kier alpha value is -2.39. The quantitative estimate of drug-likeness (QED) is 0.850. The second kappa shape index (κ2) is 5.08. The van der Waals surface area contributed by atoms with Crippen molar-refractivity contribution in [1.29, 1.82) is 5.26 Å². The topological polar surface area (TPSA) is 83.2 Å². The molecule has 0 aromatic carbocycles. The predicted molar refractivity (Wildman–Crippen MR) is 70.0 cm³/mol. The average Bonchev–Trinajstić information content (AvgIpc) is 2.79. The Morgan fingerprint density at radius 3 is 2.84 bits per heavy atom. The highest BCUT2D eigenvalue weighted by atomic mass is 32.1. The van der Waals surface area contributed by atoms with Gasteiger partial charge in [0.25, 0.3) is 0 Å². The minimum atomic E-state index is -0.424. The molecule has 0 aliphatic rings. The third kappa shape index (κ3) is 2.41. The molecule has 2 aromatic rings. The van der Waals surface area contributed by atoms with Crippen LogP contribution in [-0.2, 0) is 4.74 Å². The summed E-state index contributed by atoms with van der Waals surface area (Å²) >= 11 is 1.27. The van der Waals surface area contributed by atoms with Gasteiger partial charge in [0.05, 0.1) is 12.7 Å². The third-order valence-corrected chi connectivity index (χ3v) is 3.59. The number of rotatable bonds is 2. The molecule has 19 heavy (non-hydrogen) atoms. The number of carbonyl (C=O) groups is 1. The van der Waals surface area contributed by atoms with E-state index in [0.29, 0.717) is 16.1 Å². The Morgan fingerprint density at radius 2 is 2.26 bits per heavy atom. The summed E-state index contributed by atoms with van der Waals surface area (Å²) in [5.74, 6) is -0.510. The van der Waals surface area contributed by atoms with Crippen LogP contribution in [0, 0.1) is 18.3 Å². The van der Waals surface area contributed by atoms with Crippen molar-refractivity contribution in [3.63, 3.8) is 0 Å². The van der Waals surface area contributed by atoms with Gasteiger partial charge in [-0.25, -0.2) is 4.79 Å². The number of thiophene rings is 1. The van der Waals surface area contributed by atoms with E-state index in [4.69, 9.17) is 5.26 Å². The molecule has 5 nitrogen and oxygen atoms in total. The van der Waals surface area contributed by atoms with Gasteiger partial charge in [-0.05, 0) is 13.0 Å². The second-order valence-electron chi connectivity index (χ2n) is 3.78. The van der Waals surface area contributed by atoms with Crippen molar-refractivity contribution in [2.45, 2.75) is 6.92 Å². The molecule has 96 valence electrons. The first-order chi connectivity index (χ1) is 9.06. The molecular formula is C13H10N2O3S. The minimum Gasteiger partial charge on any atom is -0.506 e. The van der Waals surface area contributed by atoms with Gasteiger partial charge < -0.3 is 9.84 Å². The Bertz CT molecular complexity index is 686. The zero-order valence-electron chi connectivity index (χ0n) is 10.3. The first-order valence-electron chi connectivity index (χ1n) is 5.35. The van der Waals surface area contributed by atoms with E-state index in [1.165, 1.54) is 30.7 Å². The fourth-order valence-electron chi connectivity index (χ4n) is 1.64. The number of hydrogen-bond donors (Lipinski definition) is 1. The van der Waals surface area contributed by atoms with Crippen LogP contribution in [0.15, 0.2) is 18.3 Å². The van der Waals surface area contributed by atoms with E-state index in [0.717, 1.165) is 4.88 Å². The molecule has 0 amide bonds. The molecule has 6 heteroatoms. The summed E-state index contributed by atoms with van der Waals surface area (Å²) in [5.41, 5.74) is 1.29. The highest BCUT2D eigenvalue weighted by molar-refractivity contribution is 7.14. The van der Waals surface area contributed by atoms with Gasteiger partial charge in [-0.15, -0.1) is 11.3 Å². The van der Waals surface area contributed by atoms with Crippen molar-refractivity contribution in [1.82, 2.24) is 4.98 Å². The Balaban J connectivity index is 2.51. The normalized spacial score (nSPS) is 9.95. The largest absolute Gasteiger partial charge is 0.506 e. The number of carbonyl (C=O) groups excluding carboxylic acids is 1. The average molecular weight is 274 g/mol. The van der Waals surface area contributed by atoms with E-state index >= 15 is 0 Å². The predicted octanol–water partition coefficient (Wildman–Crippen LogP) is 2.48. The minimum absolute atomic E-state index is 0.0867. The van der Waals surface area contributed by atoms with Crippen LogP contribution < -0.4 is 0 Å². The van der Waals surface area contributed by atoms with E-state index in [-0.39, 0.29) is 11.3 Å². The van der Waals surface area contributed by atoms with Gasteiger partial charge in [0.1, 0.15) is 22.4 Å². The molecule has 2 rings (SSSR count). The molecule has 0 atom stereocenters. The summed E-state index contributed by atoms with van der Waals surface area (Å²) in [6, 6.07) is 4.87. The number of aryl methyl sites for hydroxylation is 1. The molecule has 1 N–H and O–H groups in total. The first-order valence-corrected chi connectivity index (χ1v) is 6.16. The molecule has 0 spiro atoms. The maximum absolute atomic E-state index is 11.5. The lowest BCUT2D eigenvalue weighted by atomic mass is 10.1. The standard InChI is InChI=1S/C13H10N2O3S/c1-7-9(4-11(19-7)13(17)18-2)12-10(16)3-8(5-14)6-15-12/h3-4,6,16H,1-2H3. The highest BCUT2D eigenvalue weighted by Crippen LogP contribution is 2.35. The lowest BCUT2D eigenvalue weighted by Crippen LogP contribution is -1.97. The summed E-state index contributed by atoms with van der Waals surface area (Å²) in [4.78, 5) is 16.8. The lowest BCUT2D eigenvalue weighted by molar-refractivity contribution is 0.0606. The SMILES string of the molecule is COC(=O)c1cc(-c2ncc(C#N)cc2O)c(C)s1. The van der Waals surface area contributed by atoms with Gasteiger partial charge >= 0.3 is 5.97 Å². The highest BCUT2D eigenvalue weighted by Gasteiger charge is 2.17. The number of pyridine rings is 1. The van der Waals surface area contributed by atoms with E-state index < -0.39 is 5.97 Å². The Morgan fingerprint density at radius 1 is 1.53 bits per heavy atom. The molecule has 0 saturated carbocycles.